The highest BCUT2D eigenvalue weighted by atomic mass is 79.9. The normalized spacial score (nSPS) is 11.3. The van der Waals surface area contributed by atoms with Crippen LogP contribution in [0.2, 0.25) is 0 Å². The molecule has 9 heteroatoms. The Hall–Kier alpha value is -2.28. The summed E-state index contributed by atoms with van der Waals surface area (Å²) in [7, 11) is -1.12. The van der Waals surface area contributed by atoms with Crippen molar-refractivity contribution in [3.05, 3.63) is 63.9 Å². The fourth-order valence-corrected chi connectivity index (χ4v) is 3.81. The number of hydrogen-bond donors (Lipinski definition) is 0. The first-order valence-electron chi connectivity index (χ1n) is 7.79. The molecule has 0 aromatic heterocycles. The summed E-state index contributed by atoms with van der Waals surface area (Å²) >= 11 is 3.25. The van der Waals surface area contributed by atoms with E-state index >= 15 is 0 Å². The highest BCUT2D eigenvalue weighted by Gasteiger charge is 2.24. The summed E-state index contributed by atoms with van der Waals surface area (Å²) < 4.78 is 40.5. The Labute approximate surface area is 166 Å². The van der Waals surface area contributed by atoms with Crippen LogP contribution in [0.3, 0.4) is 0 Å². The zero-order valence-electron chi connectivity index (χ0n) is 14.7. The highest BCUT2D eigenvalue weighted by Crippen LogP contribution is 2.18. The van der Waals surface area contributed by atoms with Crippen LogP contribution < -0.4 is 0 Å². The fourth-order valence-electron chi connectivity index (χ4n) is 2.29. The molecular formula is C18H17BrFN3O3S. The lowest BCUT2D eigenvalue weighted by molar-refractivity contribution is -0.130. The van der Waals surface area contributed by atoms with E-state index < -0.39 is 28.3 Å². The maximum absolute atomic E-state index is 13.8. The number of carbonyl (C=O) groups is 1. The molecule has 2 aromatic rings. The highest BCUT2D eigenvalue weighted by molar-refractivity contribution is 9.10. The van der Waals surface area contributed by atoms with E-state index in [4.69, 9.17) is 5.26 Å². The Kier molecular flexibility index (Phi) is 6.70. The Morgan fingerprint density at radius 3 is 2.41 bits per heavy atom. The predicted octanol–water partition coefficient (Wildman–Crippen LogP) is 2.74. The third-order valence-electron chi connectivity index (χ3n) is 3.89. The van der Waals surface area contributed by atoms with Crippen molar-refractivity contribution < 1.29 is 17.6 Å². The van der Waals surface area contributed by atoms with Crippen molar-refractivity contribution in [1.82, 2.24) is 9.21 Å². The van der Waals surface area contributed by atoms with Gasteiger partial charge in [0.05, 0.1) is 23.1 Å². The molecule has 0 saturated heterocycles. The summed E-state index contributed by atoms with van der Waals surface area (Å²) in [5.74, 6) is -0.925. The lowest BCUT2D eigenvalue weighted by Crippen LogP contribution is -2.39. The number of carbonyl (C=O) groups excluding carboxylic acids is 1. The summed E-state index contributed by atoms with van der Waals surface area (Å²) in [5, 5.41) is 8.79. The van der Waals surface area contributed by atoms with Gasteiger partial charge in [0.15, 0.2) is 0 Å². The van der Waals surface area contributed by atoms with E-state index in [9.17, 15) is 17.6 Å². The van der Waals surface area contributed by atoms with Crippen LogP contribution in [0.15, 0.2) is 51.8 Å². The van der Waals surface area contributed by atoms with Crippen LogP contribution in [0.25, 0.3) is 0 Å². The van der Waals surface area contributed by atoms with Gasteiger partial charge in [0.2, 0.25) is 15.9 Å². The average molecular weight is 454 g/mol. The predicted molar refractivity (Wildman–Crippen MR) is 102 cm³/mol. The first-order chi connectivity index (χ1) is 12.6. The first-order valence-corrected chi connectivity index (χ1v) is 10.0. The molecule has 0 aliphatic rings. The van der Waals surface area contributed by atoms with Crippen LogP contribution in [0.4, 0.5) is 4.39 Å². The summed E-state index contributed by atoms with van der Waals surface area (Å²) in [6, 6.07) is 11.7. The summed E-state index contributed by atoms with van der Waals surface area (Å²) in [6.45, 7) is -0.386. The minimum atomic E-state index is -3.89. The molecule has 0 radical (unpaired) electrons. The number of sulfonamides is 1. The van der Waals surface area contributed by atoms with Gasteiger partial charge in [-0.15, -0.1) is 0 Å². The average Bonchev–Trinajstić information content (AvgIpc) is 2.64. The Morgan fingerprint density at radius 2 is 1.81 bits per heavy atom. The molecule has 0 bridgehead atoms. The number of amides is 1. The van der Waals surface area contributed by atoms with Crippen LogP contribution >= 0.6 is 15.9 Å². The van der Waals surface area contributed by atoms with E-state index in [0.29, 0.717) is 15.6 Å². The maximum atomic E-state index is 13.8. The molecule has 0 heterocycles. The van der Waals surface area contributed by atoms with Crippen molar-refractivity contribution in [3.63, 3.8) is 0 Å². The third-order valence-corrected chi connectivity index (χ3v) is 6.20. The van der Waals surface area contributed by atoms with Gasteiger partial charge >= 0.3 is 0 Å². The van der Waals surface area contributed by atoms with E-state index in [1.165, 1.54) is 49.3 Å². The van der Waals surface area contributed by atoms with E-state index in [1.54, 1.807) is 12.1 Å². The van der Waals surface area contributed by atoms with Crippen LogP contribution in [-0.2, 0) is 21.4 Å². The molecule has 0 fully saturated rings. The van der Waals surface area contributed by atoms with E-state index in [0.717, 1.165) is 4.31 Å². The maximum Gasteiger partial charge on any atom is 0.243 e. The van der Waals surface area contributed by atoms with Gasteiger partial charge in [-0.25, -0.2) is 12.8 Å². The van der Waals surface area contributed by atoms with Gasteiger partial charge in [0, 0.05) is 30.7 Å². The zero-order chi connectivity index (χ0) is 20.2. The molecular weight excluding hydrogens is 437 g/mol. The Balaban J connectivity index is 2.09. The lowest BCUT2D eigenvalue weighted by Gasteiger charge is -2.22. The van der Waals surface area contributed by atoms with Crippen molar-refractivity contribution in [2.75, 3.05) is 20.6 Å². The topological polar surface area (TPSA) is 81.5 Å². The number of halogens is 2. The van der Waals surface area contributed by atoms with Crippen molar-refractivity contribution in [2.24, 2.45) is 0 Å². The van der Waals surface area contributed by atoms with Gasteiger partial charge in [-0.05, 0) is 42.5 Å². The number of nitrogens with zero attached hydrogens (tertiary/aromatic N) is 3. The fraction of sp³-hybridized carbons (Fsp3) is 0.222. The molecule has 27 heavy (non-hydrogen) atoms. The first kappa shape index (κ1) is 21.0. The third kappa shape index (κ3) is 5.13. The van der Waals surface area contributed by atoms with Gasteiger partial charge in [-0.2, -0.15) is 9.57 Å². The van der Waals surface area contributed by atoms with Crippen LogP contribution in [0.5, 0.6) is 0 Å². The second-order valence-electron chi connectivity index (χ2n) is 5.88. The van der Waals surface area contributed by atoms with E-state index in [-0.39, 0.29) is 11.4 Å². The molecule has 0 aliphatic carbocycles. The minimum Gasteiger partial charge on any atom is -0.340 e. The van der Waals surface area contributed by atoms with Gasteiger partial charge in [-0.3, -0.25) is 4.79 Å². The monoisotopic (exact) mass is 453 g/mol. The van der Waals surface area contributed by atoms with Gasteiger partial charge < -0.3 is 4.90 Å². The van der Waals surface area contributed by atoms with Gasteiger partial charge in [-0.1, -0.05) is 15.9 Å². The summed E-state index contributed by atoms with van der Waals surface area (Å²) in [6.07, 6.45) is 0. The molecule has 6 nitrogen and oxygen atoms in total. The van der Waals surface area contributed by atoms with Crippen molar-refractivity contribution in [1.29, 1.82) is 5.26 Å². The molecule has 2 rings (SSSR count). The number of rotatable bonds is 6. The number of nitriles is 1. The molecule has 0 aliphatic heterocycles. The van der Waals surface area contributed by atoms with Crippen molar-refractivity contribution >= 4 is 31.9 Å². The molecule has 142 valence electrons. The molecule has 0 N–H and O–H groups in total. The largest absolute Gasteiger partial charge is 0.340 e. The van der Waals surface area contributed by atoms with Gasteiger partial charge in [0.25, 0.3) is 0 Å². The van der Waals surface area contributed by atoms with E-state index in [1.807, 2.05) is 6.07 Å². The Bertz CT molecular complexity index is 988. The number of hydrogen-bond acceptors (Lipinski definition) is 4. The van der Waals surface area contributed by atoms with E-state index in [2.05, 4.69) is 15.9 Å². The van der Waals surface area contributed by atoms with Crippen LogP contribution in [0, 0.1) is 17.1 Å². The Morgan fingerprint density at radius 1 is 1.19 bits per heavy atom. The standard InChI is InChI=1S/C18H17BrFN3O3S/c1-22(11-14-9-15(19)5-8-17(14)20)18(24)12-23(2)27(25,26)16-6-3-13(10-21)4-7-16/h3-9H,11-12H2,1-2H3. The lowest BCUT2D eigenvalue weighted by atomic mass is 10.2. The second kappa shape index (κ2) is 8.61. The zero-order valence-corrected chi connectivity index (χ0v) is 17.1. The minimum absolute atomic E-state index is 0.00879. The quantitative estimate of drug-likeness (QED) is 0.673. The summed E-state index contributed by atoms with van der Waals surface area (Å²) in [4.78, 5) is 13.6. The number of likely N-dealkylation sites (N-methyl/N-ethyl adjacent to an activating group) is 2. The molecule has 0 saturated carbocycles. The second-order valence-corrected chi connectivity index (χ2v) is 8.84. The van der Waals surface area contributed by atoms with Crippen LogP contribution in [0.1, 0.15) is 11.1 Å². The molecule has 0 spiro atoms. The summed E-state index contributed by atoms with van der Waals surface area (Å²) in [5.41, 5.74) is 0.654. The smallest absolute Gasteiger partial charge is 0.243 e. The van der Waals surface area contributed by atoms with Crippen molar-refractivity contribution in [2.45, 2.75) is 11.4 Å². The van der Waals surface area contributed by atoms with Gasteiger partial charge in [0.1, 0.15) is 5.82 Å². The SMILES string of the molecule is CN(Cc1cc(Br)ccc1F)C(=O)CN(C)S(=O)(=O)c1ccc(C#N)cc1. The molecule has 1 amide bonds. The van der Waals surface area contributed by atoms with Crippen LogP contribution in [-0.4, -0.2) is 44.2 Å². The van der Waals surface area contributed by atoms with Crippen molar-refractivity contribution in [3.8, 4) is 6.07 Å². The molecule has 0 unspecified atom stereocenters. The molecule has 0 atom stereocenters. The number of benzene rings is 2. The molecule has 2 aromatic carbocycles.